The molecule has 19 heavy (non-hydrogen) atoms. The maximum Gasteiger partial charge on any atom is 0.182 e. The van der Waals surface area contributed by atoms with Gasteiger partial charge in [-0.25, -0.2) is 4.39 Å². The van der Waals surface area contributed by atoms with Crippen molar-refractivity contribution in [3.05, 3.63) is 35.6 Å². The van der Waals surface area contributed by atoms with Gasteiger partial charge >= 0.3 is 0 Å². The molecule has 0 unspecified atom stereocenters. The van der Waals surface area contributed by atoms with Gasteiger partial charge < -0.3 is 0 Å². The van der Waals surface area contributed by atoms with E-state index in [0.29, 0.717) is 5.56 Å². The Labute approximate surface area is 114 Å². The molecular formula is C16H22FNO. The van der Waals surface area contributed by atoms with E-state index in [-0.39, 0.29) is 11.6 Å². The maximum atomic E-state index is 13.3. The van der Waals surface area contributed by atoms with Crippen molar-refractivity contribution in [2.75, 3.05) is 13.1 Å². The Bertz CT molecular complexity index is 448. The second kappa shape index (κ2) is 5.83. The third-order valence-corrected chi connectivity index (χ3v) is 4.04. The summed E-state index contributed by atoms with van der Waals surface area (Å²) >= 11 is 0. The number of carbonyl (C=O) groups excluding carboxylic acids is 1. The molecule has 2 nitrogen and oxygen atoms in total. The average molecular weight is 263 g/mol. The Hall–Kier alpha value is -1.22. The maximum absolute atomic E-state index is 13.3. The summed E-state index contributed by atoms with van der Waals surface area (Å²) in [6, 6.07) is 6.00. The SMILES string of the molecule is CC(C)(C(=O)c1cccc(F)c1)N1CCCCCC1. The third kappa shape index (κ3) is 3.21. The summed E-state index contributed by atoms with van der Waals surface area (Å²) in [5.74, 6) is -0.341. The minimum absolute atomic E-state index is 0.00824. The Morgan fingerprint density at radius 3 is 2.37 bits per heavy atom. The number of ketones is 1. The first-order chi connectivity index (χ1) is 9.01. The van der Waals surface area contributed by atoms with Crippen molar-refractivity contribution < 1.29 is 9.18 Å². The van der Waals surface area contributed by atoms with Crippen molar-refractivity contribution in [1.82, 2.24) is 4.90 Å². The van der Waals surface area contributed by atoms with Gasteiger partial charge in [0.05, 0.1) is 5.54 Å². The van der Waals surface area contributed by atoms with Gasteiger partial charge in [-0.2, -0.15) is 0 Å². The molecule has 1 aliphatic rings. The van der Waals surface area contributed by atoms with Crippen LogP contribution in [-0.4, -0.2) is 29.3 Å². The van der Waals surface area contributed by atoms with Crippen LogP contribution in [0.5, 0.6) is 0 Å². The van der Waals surface area contributed by atoms with E-state index in [1.54, 1.807) is 12.1 Å². The van der Waals surface area contributed by atoms with E-state index in [0.717, 1.165) is 25.9 Å². The predicted molar refractivity (Wildman–Crippen MR) is 74.9 cm³/mol. The van der Waals surface area contributed by atoms with Gasteiger partial charge in [-0.3, -0.25) is 9.69 Å². The molecule has 0 atom stereocenters. The number of carbonyl (C=O) groups is 1. The van der Waals surface area contributed by atoms with Gasteiger partial charge in [-0.05, 0) is 51.9 Å². The van der Waals surface area contributed by atoms with Crippen molar-refractivity contribution in [3.63, 3.8) is 0 Å². The Morgan fingerprint density at radius 2 is 1.79 bits per heavy atom. The zero-order valence-corrected chi connectivity index (χ0v) is 11.8. The first-order valence-electron chi connectivity index (χ1n) is 7.07. The Kier molecular flexibility index (Phi) is 4.35. The number of rotatable bonds is 3. The Balaban J connectivity index is 2.20. The number of benzene rings is 1. The molecule has 3 heteroatoms. The molecule has 0 aromatic heterocycles. The first-order valence-corrected chi connectivity index (χ1v) is 7.07. The summed E-state index contributed by atoms with van der Waals surface area (Å²) in [5, 5.41) is 0. The molecule has 1 fully saturated rings. The van der Waals surface area contributed by atoms with Gasteiger partial charge in [0.1, 0.15) is 5.82 Å². The third-order valence-electron chi connectivity index (χ3n) is 4.04. The summed E-state index contributed by atoms with van der Waals surface area (Å²) in [6.07, 6.45) is 4.75. The van der Waals surface area contributed by atoms with Crippen LogP contribution in [0.15, 0.2) is 24.3 Å². The molecule has 1 heterocycles. The highest BCUT2D eigenvalue weighted by molar-refractivity contribution is 6.02. The second-order valence-corrected chi connectivity index (χ2v) is 5.80. The summed E-state index contributed by atoms with van der Waals surface area (Å²) in [6.45, 7) is 5.80. The topological polar surface area (TPSA) is 20.3 Å². The zero-order valence-electron chi connectivity index (χ0n) is 11.8. The fourth-order valence-corrected chi connectivity index (χ4v) is 2.76. The van der Waals surface area contributed by atoms with Gasteiger partial charge in [0.25, 0.3) is 0 Å². The molecule has 0 N–H and O–H groups in total. The monoisotopic (exact) mass is 263 g/mol. The number of hydrogen-bond acceptors (Lipinski definition) is 2. The highest BCUT2D eigenvalue weighted by atomic mass is 19.1. The van der Waals surface area contributed by atoms with Gasteiger partial charge in [0.15, 0.2) is 5.78 Å². The molecular weight excluding hydrogens is 241 g/mol. The van der Waals surface area contributed by atoms with Crippen molar-refractivity contribution in [2.45, 2.75) is 45.1 Å². The molecule has 1 saturated heterocycles. The van der Waals surface area contributed by atoms with Crippen LogP contribution in [0.25, 0.3) is 0 Å². The molecule has 1 aromatic carbocycles. The predicted octanol–water partition coefficient (Wildman–Crippen LogP) is 3.66. The van der Waals surface area contributed by atoms with Crippen LogP contribution in [-0.2, 0) is 0 Å². The molecule has 0 spiro atoms. The zero-order chi connectivity index (χ0) is 13.9. The summed E-state index contributed by atoms with van der Waals surface area (Å²) in [4.78, 5) is 14.9. The van der Waals surface area contributed by atoms with Crippen LogP contribution in [0.3, 0.4) is 0 Å². The lowest BCUT2D eigenvalue weighted by Gasteiger charge is -2.36. The van der Waals surface area contributed by atoms with E-state index in [1.165, 1.54) is 25.0 Å². The minimum Gasteiger partial charge on any atom is -0.292 e. The largest absolute Gasteiger partial charge is 0.292 e. The summed E-state index contributed by atoms with van der Waals surface area (Å²) < 4.78 is 13.3. The van der Waals surface area contributed by atoms with Crippen molar-refractivity contribution in [2.24, 2.45) is 0 Å². The fourth-order valence-electron chi connectivity index (χ4n) is 2.76. The van der Waals surface area contributed by atoms with Crippen LogP contribution in [0.1, 0.15) is 49.9 Å². The summed E-state index contributed by atoms with van der Waals surface area (Å²) in [7, 11) is 0. The molecule has 2 rings (SSSR count). The molecule has 0 amide bonds. The van der Waals surface area contributed by atoms with Crippen molar-refractivity contribution in [1.29, 1.82) is 0 Å². The summed E-state index contributed by atoms with van der Waals surface area (Å²) in [5.41, 5.74) is -0.0905. The lowest BCUT2D eigenvalue weighted by Crippen LogP contribution is -2.50. The van der Waals surface area contributed by atoms with Crippen molar-refractivity contribution >= 4 is 5.78 Å². The average Bonchev–Trinajstić information content (AvgIpc) is 2.67. The number of Topliss-reactive ketones (excluding diaryl/α,β-unsaturated/α-hetero) is 1. The molecule has 0 bridgehead atoms. The van der Waals surface area contributed by atoms with Crippen LogP contribution >= 0.6 is 0 Å². The van der Waals surface area contributed by atoms with Gasteiger partial charge in [0.2, 0.25) is 0 Å². The molecule has 1 aliphatic heterocycles. The number of likely N-dealkylation sites (tertiary alicyclic amines) is 1. The Morgan fingerprint density at radius 1 is 1.16 bits per heavy atom. The smallest absolute Gasteiger partial charge is 0.182 e. The van der Waals surface area contributed by atoms with E-state index in [9.17, 15) is 9.18 Å². The molecule has 1 aromatic rings. The fraction of sp³-hybridized carbons (Fsp3) is 0.562. The standard InChI is InChI=1S/C16H22FNO/c1-16(2,18-10-5-3-4-6-11-18)15(19)13-8-7-9-14(17)12-13/h7-9,12H,3-6,10-11H2,1-2H3. The highest BCUT2D eigenvalue weighted by Gasteiger charge is 2.35. The number of halogens is 1. The van der Waals surface area contributed by atoms with E-state index >= 15 is 0 Å². The van der Waals surface area contributed by atoms with E-state index in [2.05, 4.69) is 4.90 Å². The van der Waals surface area contributed by atoms with Gasteiger partial charge in [0, 0.05) is 5.56 Å². The van der Waals surface area contributed by atoms with Crippen molar-refractivity contribution in [3.8, 4) is 0 Å². The number of nitrogens with zero attached hydrogens (tertiary/aromatic N) is 1. The quantitative estimate of drug-likeness (QED) is 0.776. The molecule has 104 valence electrons. The molecule has 0 aliphatic carbocycles. The minimum atomic E-state index is -0.557. The highest BCUT2D eigenvalue weighted by Crippen LogP contribution is 2.24. The van der Waals surface area contributed by atoms with Gasteiger partial charge in [-0.1, -0.05) is 25.0 Å². The molecule has 0 saturated carbocycles. The second-order valence-electron chi connectivity index (χ2n) is 5.80. The van der Waals surface area contributed by atoms with E-state index in [1.807, 2.05) is 13.8 Å². The van der Waals surface area contributed by atoms with Crippen LogP contribution < -0.4 is 0 Å². The van der Waals surface area contributed by atoms with E-state index < -0.39 is 5.54 Å². The molecule has 0 radical (unpaired) electrons. The van der Waals surface area contributed by atoms with Crippen LogP contribution in [0.4, 0.5) is 4.39 Å². The normalized spacial score (nSPS) is 18.1. The first kappa shape index (κ1) is 14.2. The van der Waals surface area contributed by atoms with Crippen LogP contribution in [0.2, 0.25) is 0 Å². The lowest BCUT2D eigenvalue weighted by atomic mass is 9.91. The van der Waals surface area contributed by atoms with Crippen LogP contribution in [0, 0.1) is 5.82 Å². The van der Waals surface area contributed by atoms with E-state index in [4.69, 9.17) is 0 Å². The number of hydrogen-bond donors (Lipinski definition) is 0. The van der Waals surface area contributed by atoms with Gasteiger partial charge in [-0.15, -0.1) is 0 Å². The lowest BCUT2D eigenvalue weighted by molar-refractivity contribution is 0.0649.